The van der Waals surface area contributed by atoms with Crippen molar-refractivity contribution in [2.24, 2.45) is 0 Å². The molecular formula is C10H7BrN2OS. The summed E-state index contributed by atoms with van der Waals surface area (Å²) in [4.78, 5) is 6.73. The number of hydrogen-bond acceptors (Lipinski definition) is 3. The number of aryl methyl sites for hydroxylation is 1. The van der Waals surface area contributed by atoms with E-state index < -0.39 is 0 Å². The molecule has 15 heavy (non-hydrogen) atoms. The molecule has 76 valence electrons. The van der Waals surface area contributed by atoms with Crippen molar-refractivity contribution in [3.05, 3.63) is 34.1 Å². The Morgan fingerprint density at radius 3 is 2.93 bits per heavy atom. The molecule has 3 rings (SSSR count). The Bertz CT molecular complexity index is 591. The minimum Gasteiger partial charge on any atom is -0.448 e. The molecule has 0 amide bonds. The maximum Gasteiger partial charge on any atom is 0.194 e. The number of fused-ring (bicyclic) bond motifs is 1. The zero-order valence-electron chi connectivity index (χ0n) is 7.90. The van der Waals surface area contributed by atoms with Gasteiger partial charge >= 0.3 is 0 Å². The van der Waals surface area contributed by atoms with Crippen LogP contribution in [0.5, 0.6) is 0 Å². The fourth-order valence-corrected chi connectivity index (χ4v) is 2.60. The standard InChI is InChI=1S/C10H7BrN2OS/c1-6-4-13-5-7(12-10(13)15-6)8-2-3-9(11)14-8/h2-5H,1H3. The van der Waals surface area contributed by atoms with E-state index in [1.54, 1.807) is 11.3 Å². The predicted molar refractivity (Wildman–Crippen MR) is 63.2 cm³/mol. The molecule has 0 aliphatic heterocycles. The van der Waals surface area contributed by atoms with Crippen LogP contribution in [0.15, 0.2) is 33.6 Å². The first-order valence-corrected chi connectivity index (χ1v) is 6.04. The quantitative estimate of drug-likeness (QED) is 0.681. The van der Waals surface area contributed by atoms with Crippen LogP contribution in [0.4, 0.5) is 0 Å². The van der Waals surface area contributed by atoms with Crippen molar-refractivity contribution < 1.29 is 4.42 Å². The molecule has 3 nitrogen and oxygen atoms in total. The van der Waals surface area contributed by atoms with Crippen molar-refractivity contribution in [1.29, 1.82) is 0 Å². The Morgan fingerprint density at radius 1 is 1.40 bits per heavy atom. The molecule has 0 saturated carbocycles. The lowest BCUT2D eigenvalue weighted by atomic mass is 10.4. The monoisotopic (exact) mass is 282 g/mol. The molecule has 5 heteroatoms. The first kappa shape index (κ1) is 9.18. The van der Waals surface area contributed by atoms with Gasteiger partial charge in [-0.3, -0.25) is 4.40 Å². The highest BCUT2D eigenvalue weighted by Gasteiger charge is 2.09. The lowest BCUT2D eigenvalue weighted by molar-refractivity contribution is 0.554. The molecule has 0 radical (unpaired) electrons. The van der Waals surface area contributed by atoms with Gasteiger partial charge in [-0.15, -0.1) is 11.3 Å². The van der Waals surface area contributed by atoms with Crippen molar-refractivity contribution >= 4 is 32.2 Å². The highest BCUT2D eigenvalue weighted by molar-refractivity contribution is 9.10. The Balaban J connectivity index is 2.15. The Kier molecular flexibility index (Phi) is 1.97. The minimum absolute atomic E-state index is 0.727. The van der Waals surface area contributed by atoms with Gasteiger partial charge in [0.15, 0.2) is 15.4 Å². The fourth-order valence-electron chi connectivity index (χ4n) is 1.48. The maximum absolute atomic E-state index is 5.44. The SMILES string of the molecule is Cc1cn2cc(-c3ccc(Br)o3)nc2s1. The van der Waals surface area contributed by atoms with Crippen LogP contribution < -0.4 is 0 Å². The summed E-state index contributed by atoms with van der Waals surface area (Å²) < 4.78 is 8.19. The number of rotatable bonds is 1. The van der Waals surface area contributed by atoms with Crippen LogP contribution in [0.25, 0.3) is 16.4 Å². The molecule has 0 saturated heterocycles. The molecule has 0 N–H and O–H groups in total. The van der Waals surface area contributed by atoms with E-state index >= 15 is 0 Å². The second-order valence-corrected chi connectivity index (χ2v) is 5.26. The maximum atomic E-state index is 5.44. The molecule has 0 atom stereocenters. The van der Waals surface area contributed by atoms with Crippen molar-refractivity contribution in [2.75, 3.05) is 0 Å². The van der Waals surface area contributed by atoms with Crippen LogP contribution in [0.1, 0.15) is 4.88 Å². The number of hydrogen-bond donors (Lipinski definition) is 0. The summed E-state index contributed by atoms with van der Waals surface area (Å²) in [5, 5.41) is 0. The van der Waals surface area contributed by atoms with Crippen LogP contribution in [0, 0.1) is 6.92 Å². The number of aromatic nitrogens is 2. The van der Waals surface area contributed by atoms with Gasteiger partial charge in [0.1, 0.15) is 5.69 Å². The molecule has 0 fully saturated rings. The van der Waals surface area contributed by atoms with Crippen LogP contribution in [0.3, 0.4) is 0 Å². The highest BCUT2D eigenvalue weighted by Crippen LogP contribution is 2.26. The van der Waals surface area contributed by atoms with Gasteiger partial charge < -0.3 is 4.42 Å². The lowest BCUT2D eigenvalue weighted by Gasteiger charge is -1.86. The summed E-state index contributed by atoms with van der Waals surface area (Å²) in [6.07, 6.45) is 4.04. The first-order chi connectivity index (χ1) is 7.22. The number of furan rings is 1. The van der Waals surface area contributed by atoms with Crippen LogP contribution in [0.2, 0.25) is 0 Å². The van der Waals surface area contributed by atoms with E-state index in [4.69, 9.17) is 4.42 Å². The predicted octanol–water partition coefficient (Wildman–Crippen LogP) is 3.73. The van der Waals surface area contributed by atoms with Crippen LogP contribution >= 0.6 is 27.3 Å². The Hall–Kier alpha value is -1.07. The van der Waals surface area contributed by atoms with Crippen LogP contribution in [-0.2, 0) is 0 Å². The highest BCUT2D eigenvalue weighted by atomic mass is 79.9. The van der Waals surface area contributed by atoms with Crippen LogP contribution in [-0.4, -0.2) is 9.38 Å². The van der Waals surface area contributed by atoms with Gasteiger partial charge in [0.25, 0.3) is 0 Å². The second-order valence-electron chi connectivity index (χ2n) is 3.26. The summed E-state index contributed by atoms with van der Waals surface area (Å²) in [6.45, 7) is 2.07. The van der Waals surface area contributed by atoms with E-state index in [1.807, 2.05) is 22.7 Å². The van der Waals surface area contributed by atoms with E-state index in [2.05, 4.69) is 34.0 Å². The van der Waals surface area contributed by atoms with Gasteiger partial charge in [-0.1, -0.05) is 0 Å². The number of thiazole rings is 1. The third-order valence-electron chi connectivity index (χ3n) is 2.10. The molecule has 3 heterocycles. The van der Waals surface area contributed by atoms with Gasteiger partial charge in [0.2, 0.25) is 0 Å². The molecule has 0 aliphatic rings. The summed E-state index contributed by atoms with van der Waals surface area (Å²) in [5.41, 5.74) is 0.868. The zero-order chi connectivity index (χ0) is 10.4. The van der Waals surface area contributed by atoms with E-state index in [-0.39, 0.29) is 0 Å². The van der Waals surface area contributed by atoms with Gasteiger partial charge in [0.05, 0.1) is 0 Å². The fraction of sp³-hybridized carbons (Fsp3) is 0.100. The third kappa shape index (κ3) is 1.52. The van der Waals surface area contributed by atoms with E-state index in [9.17, 15) is 0 Å². The summed E-state index contributed by atoms with van der Waals surface area (Å²) in [7, 11) is 0. The second kappa shape index (κ2) is 3.21. The molecule has 0 aromatic carbocycles. The summed E-state index contributed by atoms with van der Waals surface area (Å²) in [5.74, 6) is 0.787. The normalized spacial score (nSPS) is 11.3. The Morgan fingerprint density at radius 2 is 2.27 bits per heavy atom. The van der Waals surface area contributed by atoms with Crippen molar-refractivity contribution in [2.45, 2.75) is 6.92 Å². The van der Waals surface area contributed by atoms with Gasteiger partial charge in [-0.2, -0.15) is 0 Å². The third-order valence-corrected chi connectivity index (χ3v) is 3.44. The van der Waals surface area contributed by atoms with Crippen molar-refractivity contribution in [3.63, 3.8) is 0 Å². The average Bonchev–Trinajstić information content (AvgIpc) is 2.78. The number of imidazole rings is 1. The lowest BCUT2D eigenvalue weighted by Crippen LogP contribution is -1.71. The first-order valence-electron chi connectivity index (χ1n) is 4.43. The zero-order valence-corrected chi connectivity index (χ0v) is 10.3. The molecule has 3 aromatic rings. The molecular weight excluding hydrogens is 276 g/mol. The molecule has 0 aliphatic carbocycles. The smallest absolute Gasteiger partial charge is 0.194 e. The average molecular weight is 283 g/mol. The van der Waals surface area contributed by atoms with Gasteiger partial charge in [-0.25, -0.2) is 4.98 Å². The van der Waals surface area contributed by atoms with Crippen molar-refractivity contribution in [1.82, 2.24) is 9.38 Å². The molecule has 3 aromatic heterocycles. The van der Waals surface area contributed by atoms with E-state index in [1.165, 1.54) is 4.88 Å². The molecule has 0 unspecified atom stereocenters. The summed E-state index contributed by atoms with van der Waals surface area (Å²) >= 11 is 4.95. The summed E-state index contributed by atoms with van der Waals surface area (Å²) in [6, 6.07) is 3.78. The largest absolute Gasteiger partial charge is 0.448 e. The molecule has 0 spiro atoms. The van der Waals surface area contributed by atoms with E-state index in [0.717, 1.165) is 21.1 Å². The minimum atomic E-state index is 0.727. The van der Waals surface area contributed by atoms with Gasteiger partial charge in [0, 0.05) is 17.3 Å². The molecule has 0 bridgehead atoms. The Labute approximate surface area is 98.5 Å². The number of halogens is 1. The van der Waals surface area contributed by atoms with E-state index in [0.29, 0.717) is 0 Å². The van der Waals surface area contributed by atoms with Gasteiger partial charge in [-0.05, 0) is 35.0 Å². The van der Waals surface area contributed by atoms with Crippen molar-refractivity contribution in [3.8, 4) is 11.5 Å². The topological polar surface area (TPSA) is 30.4 Å². The number of nitrogens with zero attached hydrogens (tertiary/aromatic N) is 2.